The van der Waals surface area contributed by atoms with Crippen LogP contribution in [0.15, 0.2) is 36.5 Å². The summed E-state index contributed by atoms with van der Waals surface area (Å²) in [7, 11) is 0. The van der Waals surface area contributed by atoms with E-state index in [1.807, 2.05) is 30.3 Å². The van der Waals surface area contributed by atoms with Crippen molar-refractivity contribution < 1.29 is 9.53 Å². The van der Waals surface area contributed by atoms with Gasteiger partial charge in [0.25, 0.3) is 0 Å². The minimum atomic E-state index is -0.758. The largest absolute Gasteiger partial charge is 0.448 e. The van der Waals surface area contributed by atoms with Gasteiger partial charge in [0.15, 0.2) is 0 Å². The van der Waals surface area contributed by atoms with Gasteiger partial charge in [-0.2, -0.15) is 0 Å². The van der Waals surface area contributed by atoms with E-state index in [9.17, 15) is 4.79 Å². The van der Waals surface area contributed by atoms with E-state index < -0.39 is 6.09 Å². The summed E-state index contributed by atoms with van der Waals surface area (Å²) in [5, 5.41) is 4.21. The number of rotatable bonds is 4. The zero-order chi connectivity index (χ0) is 12.1. The molecule has 88 valence electrons. The summed E-state index contributed by atoms with van der Waals surface area (Å²) in [4.78, 5) is 14.6. The number of carbonyl (C=O) groups is 1. The second kappa shape index (κ2) is 5.16. The molecule has 0 atom stereocenters. The molecule has 0 radical (unpaired) electrons. The Hall–Kier alpha value is -2.30. The lowest BCUT2D eigenvalue weighted by Gasteiger charge is -2.08. The molecule has 0 aliphatic rings. The summed E-state index contributed by atoms with van der Waals surface area (Å²) >= 11 is 0. The molecule has 3 N–H and O–H groups in total. The summed E-state index contributed by atoms with van der Waals surface area (Å²) in [6.07, 6.45) is 0.978. The normalized spacial score (nSPS) is 10.1. The van der Waals surface area contributed by atoms with Crippen molar-refractivity contribution in [2.24, 2.45) is 5.73 Å². The number of nitrogens with two attached hydrogens (primary N) is 1. The second-order valence-corrected chi connectivity index (χ2v) is 3.47. The average molecular weight is 231 g/mol. The first kappa shape index (κ1) is 11.2. The van der Waals surface area contributed by atoms with Crippen LogP contribution in [-0.2, 0) is 4.74 Å². The smallest absolute Gasteiger partial charge is 0.404 e. The second-order valence-electron chi connectivity index (χ2n) is 3.47. The van der Waals surface area contributed by atoms with Gasteiger partial charge in [0.1, 0.15) is 6.61 Å². The first-order chi connectivity index (χ1) is 8.27. The molecular weight excluding hydrogens is 218 g/mol. The van der Waals surface area contributed by atoms with Gasteiger partial charge < -0.3 is 15.8 Å². The molecule has 0 saturated heterocycles. The third-order valence-electron chi connectivity index (χ3n) is 2.31. The zero-order valence-electron chi connectivity index (χ0n) is 9.22. The Labute approximate surface area is 98.6 Å². The number of carbonyl (C=O) groups excluding carboxylic acids is 1. The Morgan fingerprint density at radius 1 is 1.35 bits per heavy atom. The van der Waals surface area contributed by atoms with E-state index in [4.69, 9.17) is 5.73 Å². The highest BCUT2D eigenvalue weighted by Crippen LogP contribution is 2.20. The van der Waals surface area contributed by atoms with Gasteiger partial charge in [-0.15, -0.1) is 0 Å². The molecule has 2 rings (SSSR count). The van der Waals surface area contributed by atoms with Crippen LogP contribution in [0.2, 0.25) is 0 Å². The highest BCUT2D eigenvalue weighted by atomic mass is 16.5. The van der Waals surface area contributed by atoms with Crippen molar-refractivity contribution in [1.29, 1.82) is 0 Å². The number of aromatic nitrogens is 1. The van der Waals surface area contributed by atoms with Gasteiger partial charge in [-0.1, -0.05) is 18.2 Å². The summed E-state index contributed by atoms with van der Waals surface area (Å²) in [6, 6.07) is 9.71. The molecule has 2 aromatic rings. The fourth-order valence-electron chi connectivity index (χ4n) is 1.59. The van der Waals surface area contributed by atoms with Gasteiger partial charge in [0.05, 0.1) is 5.52 Å². The predicted octanol–water partition coefficient (Wildman–Crippen LogP) is 1.74. The molecule has 0 unspecified atom stereocenters. The number of primary amides is 1. The Bertz CT molecular complexity index is 523. The van der Waals surface area contributed by atoms with Crippen LogP contribution in [0.5, 0.6) is 0 Å². The minimum absolute atomic E-state index is 0.242. The van der Waals surface area contributed by atoms with E-state index in [0.29, 0.717) is 6.54 Å². The quantitative estimate of drug-likeness (QED) is 0.786. The number of pyridine rings is 1. The van der Waals surface area contributed by atoms with Crippen LogP contribution in [0.1, 0.15) is 0 Å². The topological polar surface area (TPSA) is 77.2 Å². The average Bonchev–Trinajstić information content (AvgIpc) is 2.34. The third-order valence-corrected chi connectivity index (χ3v) is 2.31. The molecular formula is C12H13N3O2. The highest BCUT2D eigenvalue weighted by Gasteiger charge is 2.00. The maximum Gasteiger partial charge on any atom is 0.404 e. The van der Waals surface area contributed by atoms with Crippen molar-refractivity contribution in [1.82, 2.24) is 4.98 Å². The zero-order valence-corrected chi connectivity index (χ0v) is 9.22. The third kappa shape index (κ3) is 2.84. The summed E-state index contributed by atoms with van der Waals surface area (Å²) in [5.74, 6) is 0. The van der Waals surface area contributed by atoms with Crippen LogP contribution in [0.3, 0.4) is 0 Å². The van der Waals surface area contributed by atoms with Crippen LogP contribution >= 0.6 is 0 Å². The maximum atomic E-state index is 10.4. The fourth-order valence-corrected chi connectivity index (χ4v) is 1.59. The predicted molar refractivity (Wildman–Crippen MR) is 65.8 cm³/mol. The molecule has 0 fully saturated rings. The molecule has 0 aliphatic carbocycles. The van der Waals surface area contributed by atoms with Crippen LogP contribution < -0.4 is 11.1 Å². The van der Waals surface area contributed by atoms with Gasteiger partial charge >= 0.3 is 6.09 Å². The van der Waals surface area contributed by atoms with Gasteiger partial charge in [0, 0.05) is 23.8 Å². The van der Waals surface area contributed by atoms with E-state index >= 15 is 0 Å². The first-order valence-electron chi connectivity index (χ1n) is 5.27. The molecule has 1 aromatic carbocycles. The number of para-hydroxylation sites is 1. The number of fused-ring (bicyclic) bond motifs is 1. The number of nitrogens with zero attached hydrogens (tertiary/aromatic N) is 1. The number of amides is 1. The molecule has 0 spiro atoms. The van der Waals surface area contributed by atoms with Crippen LogP contribution in [0, 0.1) is 0 Å². The van der Waals surface area contributed by atoms with E-state index in [0.717, 1.165) is 16.6 Å². The number of hydrogen-bond donors (Lipinski definition) is 2. The summed E-state index contributed by atoms with van der Waals surface area (Å²) in [6.45, 7) is 0.753. The molecule has 5 nitrogen and oxygen atoms in total. The van der Waals surface area contributed by atoms with E-state index in [2.05, 4.69) is 15.0 Å². The Balaban J connectivity index is 2.05. The lowest BCUT2D eigenvalue weighted by atomic mass is 10.2. The van der Waals surface area contributed by atoms with E-state index in [1.165, 1.54) is 0 Å². The maximum absolute atomic E-state index is 10.4. The van der Waals surface area contributed by atoms with Crippen LogP contribution in [0.25, 0.3) is 10.9 Å². The van der Waals surface area contributed by atoms with Crippen LogP contribution in [0.4, 0.5) is 10.5 Å². The van der Waals surface area contributed by atoms with Crippen molar-refractivity contribution in [3.8, 4) is 0 Å². The summed E-state index contributed by atoms with van der Waals surface area (Å²) < 4.78 is 4.64. The Morgan fingerprint density at radius 2 is 2.18 bits per heavy atom. The molecule has 1 aromatic heterocycles. The minimum Gasteiger partial charge on any atom is -0.448 e. The molecule has 17 heavy (non-hydrogen) atoms. The standard InChI is InChI=1S/C12H13N3O2/c13-12(16)17-8-7-15-11-5-6-14-10-4-2-1-3-9(10)11/h1-6H,7-8H2,(H2,13,16)(H,14,15). The van der Waals surface area contributed by atoms with Crippen LogP contribution in [-0.4, -0.2) is 24.2 Å². The number of anilines is 1. The lowest BCUT2D eigenvalue weighted by Crippen LogP contribution is -2.18. The number of benzene rings is 1. The highest BCUT2D eigenvalue weighted by molar-refractivity contribution is 5.90. The molecule has 5 heteroatoms. The SMILES string of the molecule is NC(=O)OCCNc1ccnc2ccccc12. The number of hydrogen-bond acceptors (Lipinski definition) is 4. The van der Waals surface area contributed by atoms with Crippen molar-refractivity contribution in [3.63, 3.8) is 0 Å². The molecule has 0 bridgehead atoms. The summed E-state index contributed by atoms with van der Waals surface area (Å²) in [5.41, 5.74) is 6.75. The molecule has 0 saturated carbocycles. The van der Waals surface area contributed by atoms with Crippen molar-refractivity contribution in [2.45, 2.75) is 0 Å². The van der Waals surface area contributed by atoms with E-state index in [-0.39, 0.29) is 6.61 Å². The van der Waals surface area contributed by atoms with Gasteiger partial charge in [-0.25, -0.2) is 4.79 Å². The van der Waals surface area contributed by atoms with Crippen molar-refractivity contribution >= 4 is 22.7 Å². The van der Waals surface area contributed by atoms with Gasteiger partial charge in [-0.3, -0.25) is 4.98 Å². The number of ether oxygens (including phenoxy) is 1. The number of nitrogens with one attached hydrogen (secondary N) is 1. The Morgan fingerprint density at radius 3 is 3.00 bits per heavy atom. The van der Waals surface area contributed by atoms with Crippen molar-refractivity contribution in [3.05, 3.63) is 36.5 Å². The van der Waals surface area contributed by atoms with Gasteiger partial charge in [-0.05, 0) is 12.1 Å². The Kier molecular flexibility index (Phi) is 3.40. The lowest BCUT2D eigenvalue weighted by molar-refractivity contribution is 0.161. The fraction of sp³-hybridized carbons (Fsp3) is 0.167. The van der Waals surface area contributed by atoms with E-state index in [1.54, 1.807) is 6.20 Å². The molecule has 1 heterocycles. The molecule has 1 amide bonds. The molecule has 0 aliphatic heterocycles. The first-order valence-corrected chi connectivity index (χ1v) is 5.27. The van der Waals surface area contributed by atoms with Crippen molar-refractivity contribution in [2.75, 3.05) is 18.5 Å². The van der Waals surface area contributed by atoms with Gasteiger partial charge in [0.2, 0.25) is 0 Å². The monoisotopic (exact) mass is 231 g/mol.